The molecule has 1 unspecified atom stereocenters. The van der Waals surface area contributed by atoms with E-state index in [1.807, 2.05) is 24.3 Å². The van der Waals surface area contributed by atoms with Gasteiger partial charge in [-0.25, -0.2) is 0 Å². The van der Waals surface area contributed by atoms with E-state index in [1.165, 1.54) is 25.9 Å². The van der Waals surface area contributed by atoms with E-state index in [1.54, 1.807) is 0 Å². The van der Waals surface area contributed by atoms with Crippen molar-refractivity contribution in [1.29, 1.82) is 0 Å². The monoisotopic (exact) mass is 289 g/mol. The number of ether oxygens (including phenoxy) is 1. The van der Waals surface area contributed by atoms with Gasteiger partial charge in [0.05, 0.1) is 0 Å². The van der Waals surface area contributed by atoms with E-state index in [9.17, 15) is 4.79 Å². The lowest BCUT2D eigenvalue weighted by Crippen LogP contribution is -2.57. The van der Waals surface area contributed by atoms with Crippen molar-refractivity contribution in [1.82, 2.24) is 10.2 Å². The predicted molar refractivity (Wildman–Crippen MR) is 80.9 cm³/mol. The topological polar surface area (TPSA) is 67.6 Å². The number of benzene rings is 1. The molecule has 5 heteroatoms. The fraction of sp³-hybridized carbons (Fsp3) is 0.562. The summed E-state index contributed by atoms with van der Waals surface area (Å²) in [5.74, 6) is 1.32. The van der Waals surface area contributed by atoms with Gasteiger partial charge in [0.2, 0.25) is 0 Å². The van der Waals surface area contributed by atoms with Crippen molar-refractivity contribution in [3.05, 3.63) is 29.8 Å². The third-order valence-corrected chi connectivity index (χ3v) is 4.53. The van der Waals surface area contributed by atoms with Gasteiger partial charge in [0, 0.05) is 19.1 Å². The number of hydrogen-bond donors (Lipinski definition) is 2. The first-order valence-electron chi connectivity index (χ1n) is 7.68. The molecule has 21 heavy (non-hydrogen) atoms. The lowest BCUT2D eigenvalue weighted by Gasteiger charge is -2.44. The maximum Gasteiger partial charge on any atom is 0.258 e. The molecule has 0 aromatic heterocycles. The van der Waals surface area contributed by atoms with E-state index in [0.29, 0.717) is 24.3 Å². The summed E-state index contributed by atoms with van der Waals surface area (Å²) in [6.07, 6.45) is 2.40. The van der Waals surface area contributed by atoms with Gasteiger partial charge in [-0.3, -0.25) is 4.79 Å². The zero-order chi connectivity index (χ0) is 14.7. The minimum Gasteiger partial charge on any atom is -0.484 e. The Morgan fingerprint density at radius 2 is 2.00 bits per heavy atom. The second-order valence-electron chi connectivity index (χ2n) is 5.95. The van der Waals surface area contributed by atoms with Crippen molar-refractivity contribution in [3.8, 4) is 5.75 Å². The number of rotatable bonds is 5. The zero-order valence-corrected chi connectivity index (χ0v) is 12.3. The summed E-state index contributed by atoms with van der Waals surface area (Å²) in [6, 6.07) is 7.83. The van der Waals surface area contributed by atoms with Crippen molar-refractivity contribution < 1.29 is 9.53 Å². The summed E-state index contributed by atoms with van der Waals surface area (Å²) in [4.78, 5) is 14.4. The van der Waals surface area contributed by atoms with Crippen LogP contribution < -0.4 is 15.8 Å². The molecule has 114 valence electrons. The van der Waals surface area contributed by atoms with Crippen LogP contribution in [0.25, 0.3) is 0 Å². The van der Waals surface area contributed by atoms with Crippen molar-refractivity contribution >= 4 is 5.91 Å². The summed E-state index contributed by atoms with van der Waals surface area (Å²) in [7, 11) is 0. The molecule has 3 heterocycles. The lowest BCUT2D eigenvalue weighted by atomic mass is 9.84. The molecule has 1 amide bonds. The van der Waals surface area contributed by atoms with Crippen molar-refractivity contribution in [2.45, 2.75) is 25.4 Å². The molecule has 1 aromatic rings. The first kappa shape index (κ1) is 14.4. The molecule has 1 aromatic carbocycles. The quantitative estimate of drug-likeness (QED) is 0.839. The SMILES string of the molecule is NCc1ccc(OCC(=O)NC2CN3CCC2CC3)cc1. The van der Waals surface area contributed by atoms with Crippen molar-refractivity contribution in [3.63, 3.8) is 0 Å². The van der Waals surface area contributed by atoms with Crippen LogP contribution in [-0.4, -0.2) is 43.1 Å². The van der Waals surface area contributed by atoms with Crippen LogP contribution in [0.1, 0.15) is 18.4 Å². The van der Waals surface area contributed by atoms with Crippen LogP contribution in [0.3, 0.4) is 0 Å². The van der Waals surface area contributed by atoms with Gasteiger partial charge in [0.1, 0.15) is 5.75 Å². The number of nitrogens with two attached hydrogens (primary N) is 1. The predicted octanol–water partition coefficient (Wildman–Crippen LogP) is 0.734. The zero-order valence-electron chi connectivity index (χ0n) is 12.3. The van der Waals surface area contributed by atoms with E-state index in [2.05, 4.69) is 10.2 Å². The normalized spacial score (nSPS) is 27.4. The molecule has 2 bridgehead atoms. The Morgan fingerprint density at radius 3 is 2.57 bits per heavy atom. The largest absolute Gasteiger partial charge is 0.484 e. The van der Waals surface area contributed by atoms with E-state index in [0.717, 1.165) is 12.1 Å². The Bertz CT molecular complexity index is 481. The smallest absolute Gasteiger partial charge is 0.258 e. The highest BCUT2D eigenvalue weighted by Gasteiger charge is 2.34. The van der Waals surface area contributed by atoms with Crippen LogP contribution in [0.15, 0.2) is 24.3 Å². The molecule has 0 spiro atoms. The molecule has 0 aliphatic carbocycles. The van der Waals surface area contributed by atoms with Crippen LogP contribution in [0.2, 0.25) is 0 Å². The lowest BCUT2D eigenvalue weighted by molar-refractivity contribution is -0.125. The molecule has 0 radical (unpaired) electrons. The maximum absolute atomic E-state index is 12.0. The summed E-state index contributed by atoms with van der Waals surface area (Å²) in [6.45, 7) is 3.94. The summed E-state index contributed by atoms with van der Waals surface area (Å²) in [5, 5.41) is 3.12. The number of amides is 1. The first-order chi connectivity index (χ1) is 10.2. The molecule has 5 nitrogen and oxygen atoms in total. The fourth-order valence-electron chi connectivity index (χ4n) is 3.25. The van der Waals surface area contributed by atoms with E-state index in [4.69, 9.17) is 10.5 Å². The molecule has 4 rings (SSSR count). The summed E-state index contributed by atoms with van der Waals surface area (Å²) >= 11 is 0. The number of nitrogens with one attached hydrogen (secondary N) is 1. The number of piperidine rings is 3. The van der Waals surface area contributed by atoms with Crippen molar-refractivity contribution in [2.24, 2.45) is 11.7 Å². The van der Waals surface area contributed by atoms with Gasteiger partial charge in [-0.05, 0) is 49.5 Å². The molecule has 3 fully saturated rings. The van der Waals surface area contributed by atoms with Crippen LogP contribution in [0.4, 0.5) is 0 Å². The number of carbonyl (C=O) groups excluding carboxylic acids is 1. The number of fused-ring (bicyclic) bond motifs is 3. The average Bonchev–Trinajstić information content (AvgIpc) is 2.54. The number of carbonyl (C=O) groups is 1. The van der Waals surface area contributed by atoms with Gasteiger partial charge >= 0.3 is 0 Å². The van der Waals surface area contributed by atoms with Crippen LogP contribution in [0, 0.1) is 5.92 Å². The Labute approximate surface area is 125 Å². The van der Waals surface area contributed by atoms with E-state index in [-0.39, 0.29) is 12.5 Å². The second-order valence-corrected chi connectivity index (χ2v) is 5.95. The molecule has 3 saturated heterocycles. The highest BCUT2D eigenvalue weighted by atomic mass is 16.5. The highest BCUT2D eigenvalue weighted by molar-refractivity contribution is 5.78. The van der Waals surface area contributed by atoms with Gasteiger partial charge in [-0.1, -0.05) is 12.1 Å². The van der Waals surface area contributed by atoms with Gasteiger partial charge in [-0.2, -0.15) is 0 Å². The van der Waals surface area contributed by atoms with E-state index >= 15 is 0 Å². The maximum atomic E-state index is 12.0. The third-order valence-electron chi connectivity index (χ3n) is 4.53. The molecule has 0 saturated carbocycles. The Balaban J connectivity index is 1.45. The molecular weight excluding hydrogens is 266 g/mol. The van der Waals surface area contributed by atoms with E-state index < -0.39 is 0 Å². The second kappa shape index (κ2) is 6.45. The standard InChI is InChI=1S/C16H23N3O2/c17-9-12-1-3-14(4-2-12)21-11-16(20)18-15-10-19-7-5-13(15)6-8-19/h1-4,13,15H,5-11,17H2,(H,18,20). The average molecular weight is 289 g/mol. The van der Waals surface area contributed by atoms with Gasteiger partial charge in [0.25, 0.3) is 5.91 Å². The third kappa shape index (κ3) is 3.54. The minimum absolute atomic E-state index is 0.0309. The molecule has 3 N–H and O–H groups in total. The molecule has 1 atom stereocenters. The Hall–Kier alpha value is -1.59. The van der Waals surface area contributed by atoms with Crippen LogP contribution >= 0.6 is 0 Å². The Kier molecular flexibility index (Phi) is 4.41. The van der Waals surface area contributed by atoms with Crippen molar-refractivity contribution in [2.75, 3.05) is 26.2 Å². The molecular formula is C16H23N3O2. The summed E-state index contributed by atoms with van der Waals surface area (Å²) < 4.78 is 5.52. The summed E-state index contributed by atoms with van der Waals surface area (Å²) in [5.41, 5.74) is 6.60. The highest BCUT2D eigenvalue weighted by Crippen LogP contribution is 2.27. The van der Waals surface area contributed by atoms with Gasteiger partial charge in [0.15, 0.2) is 6.61 Å². The van der Waals surface area contributed by atoms with Gasteiger partial charge < -0.3 is 20.7 Å². The Morgan fingerprint density at radius 1 is 1.29 bits per heavy atom. The minimum atomic E-state index is -0.0309. The van der Waals surface area contributed by atoms with Crippen LogP contribution in [-0.2, 0) is 11.3 Å². The first-order valence-corrected chi connectivity index (χ1v) is 7.68. The molecule has 3 aliphatic rings. The molecule has 3 aliphatic heterocycles. The number of hydrogen-bond acceptors (Lipinski definition) is 4. The fourth-order valence-corrected chi connectivity index (χ4v) is 3.25. The number of nitrogens with zero attached hydrogens (tertiary/aromatic N) is 1. The van der Waals surface area contributed by atoms with Crippen LogP contribution in [0.5, 0.6) is 5.75 Å². The van der Waals surface area contributed by atoms with Gasteiger partial charge in [-0.15, -0.1) is 0 Å².